The zero-order chi connectivity index (χ0) is 17.2. The summed E-state index contributed by atoms with van der Waals surface area (Å²) in [5, 5.41) is 24.1. The summed E-state index contributed by atoms with van der Waals surface area (Å²) in [4.78, 5) is 4.61. The molecule has 2 aromatic rings. The summed E-state index contributed by atoms with van der Waals surface area (Å²) < 4.78 is 1.94. The maximum atomic E-state index is 9.17. The first-order valence-corrected chi connectivity index (χ1v) is 8.70. The molecule has 1 unspecified atom stereocenters. The Labute approximate surface area is 166 Å². The zero-order valence-corrected chi connectivity index (χ0v) is 17.3. The monoisotopic (exact) mass is 460 g/mol. The van der Waals surface area contributed by atoms with Gasteiger partial charge in [-0.05, 0) is 37.8 Å². The minimum absolute atomic E-state index is 0. The third kappa shape index (κ3) is 6.77. The van der Waals surface area contributed by atoms with Crippen molar-refractivity contribution in [3.05, 3.63) is 30.2 Å². The Morgan fingerprint density at radius 1 is 1.24 bits per heavy atom. The number of pyridine rings is 1. The molecule has 0 fully saturated rings. The van der Waals surface area contributed by atoms with Gasteiger partial charge in [0.15, 0.2) is 17.4 Å². The van der Waals surface area contributed by atoms with Crippen LogP contribution in [-0.4, -0.2) is 45.4 Å². The van der Waals surface area contributed by atoms with Gasteiger partial charge in [-0.1, -0.05) is 19.4 Å². The van der Waals surface area contributed by atoms with Crippen LogP contribution in [0.5, 0.6) is 0 Å². The van der Waals surface area contributed by atoms with Crippen LogP contribution < -0.4 is 10.6 Å². The minimum atomic E-state index is 0. The second-order valence-corrected chi connectivity index (χ2v) is 5.79. The van der Waals surface area contributed by atoms with E-state index in [0.717, 1.165) is 49.8 Å². The molecule has 0 bridgehead atoms. The zero-order valence-electron chi connectivity index (χ0n) is 15.0. The molecule has 0 amide bonds. The highest BCUT2D eigenvalue weighted by atomic mass is 127. The van der Waals surface area contributed by atoms with Crippen LogP contribution in [0, 0.1) is 5.92 Å². The number of rotatable bonds is 9. The lowest BCUT2D eigenvalue weighted by Crippen LogP contribution is -2.40. The molecular weight excluding hydrogens is 431 g/mol. The van der Waals surface area contributed by atoms with Gasteiger partial charge in [-0.2, -0.15) is 0 Å². The number of hydrogen-bond acceptors (Lipinski definition) is 4. The molecule has 7 nitrogen and oxygen atoms in total. The first-order chi connectivity index (χ1) is 11.8. The fourth-order valence-corrected chi connectivity index (χ4v) is 2.67. The van der Waals surface area contributed by atoms with E-state index in [2.05, 4.69) is 32.7 Å². The lowest BCUT2D eigenvalue weighted by molar-refractivity contribution is 0.251. The molecule has 25 heavy (non-hydrogen) atoms. The molecule has 0 aliphatic rings. The Morgan fingerprint density at radius 3 is 2.80 bits per heavy atom. The van der Waals surface area contributed by atoms with Crippen LogP contribution in [0.1, 0.15) is 38.9 Å². The molecule has 0 aliphatic heterocycles. The van der Waals surface area contributed by atoms with Gasteiger partial charge >= 0.3 is 0 Å². The van der Waals surface area contributed by atoms with Gasteiger partial charge in [0.1, 0.15) is 6.54 Å². The number of aromatic nitrogens is 3. The maximum absolute atomic E-state index is 9.17. The third-order valence-corrected chi connectivity index (χ3v) is 3.90. The van der Waals surface area contributed by atoms with Gasteiger partial charge < -0.3 is 15.7 Å². The van der Waals surface area contributed by atoms with E-state index in [9.17, 15) is 0 Å². The standard InChI is InChI=1S/C17H28N6O.HI/c1-3-7-14(9-11-24)12-19-17(18-4-2)20-13-16-22-21-15-8-5-6-10-23(15)16;/h5-6,8,10,14,24H,3-4,7,9,11-13H2,1-2H3,(H2,18,19,20);1H. The van der Waals surface area contributed by atoms with Crippen molar-refractivity contribution in [1.82, 2.24) is 25.2 Å². The predicted octanol–water partition coefficient (Wildman–Crippen LogP) is 2.20. The number of hydrogen-bond donors (Lipinski definition) is 3. The largest absolute Gasteiger partial charge is 0.396 e. The van der Waals surface area contributed by atoms with E-state index >= 15 is 0 Å². The minimum Gasteiger partial charge on any atom is -0.396 e. The molecule has 2 rings (SSSR count). The summed E-state index contributed by atoms with van der Waals surface area (Å²) in [6.07, 6.45) is 4.97. The van der Waals surface area contributed by atoms with Crippen molar-refractivity contribution in [3.63, 3.8) is 0 Å². The van der Waals surface area contributed by atoms with Gasteiger partial charge in [0, 0.05) is 25.9 Å². The van der Waals surface area contributed by atoms with Crippen LogP contribution in [0.15, 0.2) is 29.4 Å². The van der Waals surface area contributed by atoms with Crippen LogP contribution in [0.2, 0.25) is 0 Å². The number of aliphatic hydroxyl groups is 1. The third-order valence-electron chi connectivity index (χ3n) is 3.90. The van der Waals surface area contributed by atoms with Crippen LogP contribution in [0.4, 0.5) is 0 Å². The highest BCUT2D eigenvalue weighted by molar-refractivity contribution is 14.0. The van der Waals surface area contributed by atoms with Gasteiger partial charge in [-0.3, -0.25) is 4.40 Å². The van der Waals surface area contributed by atoms with E-state index in [0.29, 0.717) is 12.5 Å². The quantitative estimate of drug-likeness (QED) is 0.304. The first-order valence-electron chi connectivity index (χ1n) is 8.70. The molecule has 0 saturated carbocycles. The van der Waals surface area contributed by atoms with Crippen LogP contribution in [0.25, 0.3) is 5.65 Å². The number of fused-ring (bicyclic) bond motifs is 1. The average Bonchev–Trinajstić information content (AvgIpc) is 3.01. The smallest absolute Gasteiger partial charge is 0.191 e. The molecule has 0 aromatic carbocycles. The summed E-state index contributed by atoms with van der Waals surface area (Å²) in [5.41, 5.74) is 0.826. The van der Waals surface area contributed by atoms with Crippen molar-refractivity contribution in [2.75, 3.05) is 19.7 Å². The Bertz CT molecular complexity index is 639. The summed E-state index contributed by atoms with van der Waals surface area (Å²) in [6, 6.07) is 5.82. The second-order valence-electron chi connectivity index (χ2n) is 5.79. The summed E-state index contributed by atoms with van der Waals surface area (Å²) >= 11 is 0. The summed E-state index contributed by atoms with van der Waals surface area (Å²) in [7, 11) is 0. The molecule has 1 atom stereocenters. The number of aliphatic hydroxyl groups excluding tert-OH is 1. The highest BCUT2D eigenvalue weighted by Crippen LogP contribution is 2.09. The van der Waals surface area contributed by atoms with Crippen molar-refractivity contribution >= 4 is 35.6 Å². The number of nitrogens with zero attached hydrogens (tertiary/aromatic N) is 4. The molecule has 2 aromatic heterocycles. The Balaban J connectivity index is 0.00000312. The molecular formula is C17H29IN6O. The molecule has 0 spiro atoms. The van der Waals surface area contributed by atoms with Gasteiger partial charge in [-0.25, -0.2) is 4.99 Å². The Hall–Kier alpha value is -1.42. The molecule has 8 heteroatoms. The topological polar surface area (TPSA) is 86.8 Å². The van der Waals surface area contributed by atoms with Crippen LogP contribution in [0.3, 0.4) is 0 Å². The van der Waals surface area contributed by atoms with Crippen molar-refractivity contribution in [2.45, 2.75) is 39.7 Å². The lowest BCUT2D eigenvalue weighted by Gasteiger charge is -2.18. The van der Waals surface area contributed by atoms with E-state index in [1.165, 1.54) is 0 Å². The second kappa shape index (κ2) is 12.0. The maximum Gasteiger partial charge on any atom is 0.191 e. The van der Waals surface area contributed by atoms with E-state index in [4.69, 9.17) is 5.11 Å². The van der Waals surface area contributed by atoms with Gasteiger partial charge in [0.25, 0.3) is 0 Å². The van der Waals surface area contributed by atoms with Crippen molar-refractivity contribution < 1.29 is 5.11 Å². The van der Waals surface area contributed by atoms with Crippen LogP contribution in [-0.2, 0) is 6.54 Å². The number of aliphatic imine (C=N–C) groups is 1. The average molecular weight is 460 g/mol. The van der Waals surface area contributed by atoms with Crippen LogP contribution >= 0.6 is 24.0 Å². The number of guanidine groups is 1. The Kier molecular flexibility index (Phi) is 10.4. The predicted molar refractivity (Wildman–Crippen MR) is 111 cm³/mol. The van der Waals surface area contributed by atoms with E-state index < -0.39 is 0 Å². The number of nitrogens with one attached hydrogen (secondary N) is 2. The molecule has 0 saturated heterocycles. The van der Waals surface area contributed by atoms with E-state index in [1.54, 1.807) is 0 Å². The first kappa shape index (κ1) is 21.6. The molecule has 140 valence electrons. The van der Waals surface area contributed by atoms with Crippen molar-refractivity contribution in [1.29, 1.82) is 0 Å². The Morgan fingerprint density at radius 2 is 2.08 bits per heavy atom. The molecule has 0 aliphatic carbocycles. The van der Waals surface area contributed by atoms with Crippen molar-refractivity contribution in [3.8, 4) is 0 Å². The van der Waals surface area contributed by atoms with E-state index in [-0.39, 0.29) is 30.6 Å². The van der Waals surface area contributed by atoms with Gasteiger partial charge in [0.05, 0.1) is 0 Å². The molecule has 2 heterocycles. The summed E-state index contributed by atoms with van der Waals surface area (Å²) in [5.74, 6) is 2.03. The fraction of sp³-hybridized carbons (Fsp3) is 0.588. The van der Waals surface area contributed by atoms with Crippen molar-refractivity contribution in [2.24, 2.45) is 10.9 Å². The molecule has 0 radical (unpaired) electrons. The highest BCUT2D eigenvalue weighted by Gasteiger charge is 2.09. The fourth-order valence-electron chi connectivity index (χ4n) is 2.67. The lowest BCUT2D eigenvalue weighted by atomic mass is 10.0. The SMILES string of the molecule is CCCC(CCO)CNC(=NCc1nnc2ccccn12)NCC.I. The normalized spacial score (nSPS) is 12.7. The summed E-state index contributed by atoms with van der Waals surface area (Å²) in [6.45, 7) is 6.50. The van der Waals surface area contributed by atoms with E-state index in [1.807, 2.05) is 35.7 Å². The number of halogens is 1. The van der Waals surface area contributed by atoms with Gasteiger partial charge in [0.2, 0.25) is 0 Å². The molecule has 3 N–H and O–H groups in total. The van der Waals surface area contributed by atoms with Gasteiger partial charge in [-0.15, -0.1) is 34.2 Å².